The van der Waals surface area contributed by atoms with E-state index in [0.29, 0.717) is 37.4 Å². The molecule has 2 aromatic rings. The first-order valence-electron chi connectivity index (χ1n) is 7.24. The molecule has 6 nitrogen and oxygen atoms in total. The number of aromatic nitrogens is 4. The van der Waals surface area contributed by atoms with Crippen LogP contribution in [0.1, 0.15) is 35.2 Å². The number of hydrogen-bond donors (Lipinski definition) is 1. The van der Waals surface area contributed by atoms with Crippen LogP contribution >= 0.6 is 0 Å². The first kappa shape index (κ1) is 17.0. The summed E-state index contributed by atoms with van der Waals surface area (Å²) in [6.45, 7) is 4.68. The normalized spacial score (nSPS) is 11.7. The fourth-order valence-corrected chi connectivity index (χ4v) is 2.17. The van der Waals surface area contributed by atoms with Gasteiger partial charge < -0.3 is 5.32 Å². The van der Waals surface area contributed by atoms with Gasteiger partial charge in [0.05, 0.1) is 0 Å². The maximum atomic E-state index is 12.6. The molecule has 0 aromatic carbocycles. The fourth-order valence-electron chi connectivity index (χ4n) is 2.17. The quantitative estimate of drug-likeness (QED) is 0.827. The van der Waals surface area contributed by atoms with Crippen LogP contribution in [0.15, 0.2) is 18.3 Å². The summed E-state index contributed by atoms with van der Waals surface area (Å²) in [4.78, 5) is 12.0. The smallest absolute Gasteiger partial charge is 0.351 e. The molecule has 0 aliphatic carbocycles. The lowest BCUT2D eigenvalue weighted by Gasteiger charge is -2.08. The minimum atomic E-state index is -4.44. The van der Waals surface area contributed by atoms with Crippen LogP contribution in [0.4, 0.5) is 13.2 Å². The number of rotatable bonds is 6. The number of amides is 1. The number of hydrogen-bond acceptors (Lipinski definition) is 3. The highest BCUT2D eigenvalue weighted by molar-refractivity contribution is 5.92. The molecular formula is C14H18F3N5O. The number of aryl methyl sites for hydroxylation is 3. The van der Waals surface area contributed by atoms with Gasteiger partial charge in [0.2, 0.25) is 0 Å². The summed E-state index contributed by atoms with van der Waals surface area (Å²) in [5, 5.41) is 10.3. The summed E-state index contributed by atoms with van der Waals surface area (Å²) in [5.74, 6) is -0.252. The Hall–Kier alpha value is -2.32. The van der Waals surface area contributed by atoms with Gasteiger partial charge in [0.1, 0.15) is 5.69 Å². The van der Waals surface area contributed by atoms with Crippen molar-refractivity contribution < 1.29 is 18.0 Å². The van der Waals surface area contributed by atoms with Crippen molar-refractivity contribution >= 4 is 5.91 Å². The molecule has 23 heavy (non-hydrogen) atoms. The topological polar surface area (TPSA) is 64.7 Å². The highest BCUT2D eigenvalue weighted by Gasteiger charge is 2.34. The third-order valence-corrected chi connectivity index (χ3v) is 3.35. The van der Waals surface area contributed by atoms with Crippen LogP contribution in [0.2, 0.25) is 0 Å². The van der Waals surface area contributed by atoms with Crippen LogP contribution in [0.5, 0.6) is 0 Å². The molecule has 0 spiro atoms. The number of carbonyl (C=O) groups is 1. The molecule has 0 atom stereocenters. The van der Waals surface area contributed by atoms with Gasteiger partial charge in [0.15, 0.2) is 5.69 Å². The third kappa shape index (κ3) is 4.11. The van der Waals surface area contributed by atoms with Crippen LogP contribution in [0, 0.1) is 6.92 Å². The molecule has 2 aromatic heterocycles. The minimum absolute atomic E-state index is 0.252. The lowest BCUT2D eigenvalue weighted by atomic mass is 10.3. The van der Waals surface area contributed by atoms with Gasteiger partial charge >= 0.3 is 6.18 Å². The predicted octanol–water partition coefficient (Wildman–Crippen LogP) is 2.25. The Kier molecular flexibility index (Phi) is 5.07. The molecule has 2 rings (SSSR count). The van der Waals surface area contributed by atoms with Crippen LogP contribution < -0.4 is 5.32 Å². The second kappa shape index (κ2) is 6.84. The Morgan fingerprint density at radius 2 is 2.09 bits per heavy atom. The molecule has 0 fully saturated rings. The SMILES string of the molecule is CCn1nccc1C(=O)NCCCn1nc(C(F)(F)F)cc1C. The van der Waals surface area contributed by atoms with Gasteiger partial charge in [0, 0.05) is 31.5 Å². The largest absolute Gasteiger partial charge is 0.435 e. The van der Waals surface area contributed by atoms with E-state index >= 15 is 0 Å². The number of halogens is 3. The zero-order valence-electron chi connectivity index (χ0n) is 12.9. The lowest BCUT2D eigenvalue weighted by Crippen LogP contribution is -2.27. The molecule has 0 radical (unpaired) electrons. The second-order valence-electron chi connectivity index (χ2n) is 5.03. The van der Waals surface area contributed by atoms with Crippen LogP contribution in [0.25, 0.3) is 0 Å². The number of alkyl halides is 3. The second-order valence-corrected chi connectivity index (χ2v) is 5.03. The van der Waals surface area contributed by atoms with Crippen LogP contribution in [-0.2, 0) is 19.3 Å². The summed E-state index contributed by atoms with van der Waals surface area (Å²) in [6.07, 6.45) is -2.42. The van der Waals surface area contributed by atoms with E-state index in [1.165, 1.54) is 4.68 Å². The summed E-state index contributed by atoms with van der Waals surface area (Å²) in [7, 11) is 0. The third-order valence-electron chi connectivity index (χ3n) is 3.35. The lowest BCUT2D eigenvalue weighted by molar-refractivity contribution is -0.141. The monoisotopic (exact) mass is 329 g/mol. The first-order chi connectivity index (χ1) is 10.8. The number of carbonyl (C=O) groups excluding carboxylic acids is 1. The number of nitrogens with one attached hydrogen (secondary N) is 1. The number of nitrogens with zero attached hydrogens (tertiary/aromatic N) is 4. The molecule has 0 unspecified atom stereocenters. The van der Waals surface area contributed by atoms with Crippen molar-refractivity contribution in [2.45, 2.75) is 39.5 Å². The molecule has 126 valence electrons. The maximum Gasteiger partial charge on any atom is 0.435 e. The van der Waals surface area contributed by atoms with Gasteiger partial charge in [-0.3, -0.25) is 14.2 Å². The van der Waals surface area contributed by atoms with Crippen molar-refractivity contribution in [2.24, 2.45) is 0 Å². The van der Waals surface area contributed by atoms with E-state index in [4.69, 9.17) is 0 Å². The van der Waals surface area contributed by atoms with E-state index in [1.54, 1.807) is 23.9 Å². The van der Waals surface area contributed by atoms with E-state index < -0.39 is 11.9 Å². The zero-order valence-corrected chi connectivity index (χ0v) is 12.9. The molecule has 2 heterocycles. The highest BCUT2D eigenvalue weighted by Crippen LogP contribution is 2.28. The molecule has 1 amide bonds. The Morgan fingerprint density at radius 3 is 2.70 bits per heavy atom. The molecule has 0 aliphatic heterocycles. The fraction of sp³-hybridized carbons (Fsp3) is 0.500. The average Bonchev–Trinajstić information content (AvgIpc) is 3.09. The predicted molar refractivity (Wildman–Crippen MR) is 76.8 cm³/mol. The Balaban J connectivity index is 1.84. The van der Waals surface area contributed by atoms with Gasteiger partial charge in [-0.15, -0.1) is 0 Å². The molecule has 0 bridgehead atoms. The standard InChI is InChI=1S/C14H18F3N5O/c1-3-21-11(5-7-19-21)13(23)18-6-4-8-22-10(2)9-12(20-22)14(15,16)17/h5,7,9H,3-4,6,8H2,1-2H3,(H,18,23). The van der Waals surface area contributed by atoms with Gasteiger partial charge in [0.25, 0.3) is 5.91 Å². The van der Waals surface area contributed by atoms with Crippen molar-refractivity contribution in [1.82, 2.24) is 24.9 Å². The van der Waals surface area contributed by atoms with E-state index in [1.807, 2.05) is 6.92 Å². The molecule has 0 saturated heterocycles. The molecule has 0 saturated carbocycles. The Morgan fingerprint density at radius 1 is 1.35 bits per heavy atom. The van der Waals surface area contributed by atoms with E-state index in [-0.39, 0.29) is 5.91 Å². The molecule has 0 aliphatic rings. The summed E-state index contributed by atoms with van der Waals surface area (Å²) >= 11 is 0. The van der Waals surface area contributed by atoms with Crippen molar-refractivity contribution in [1.29, 1.82) is 0 Å². The highest BCUT2D eigenvalue weighted by atomic mass is 19.4. The van der Waals surface area contributed by atoms with Crippen molar-refractivity contribution in [3.63, 3.8) is 0 Å². The van der Waals surface area contributed by atoms with Gasteiger partial charge in [-0.05, 0) is 32.4 Å². The van der Waals surface area contributed by atoms with Gasteiger partial charge in [-0.25, -0.2) is 0 Å². The summed E-state index contributed by atoms with van der Waals surface area (Å²) < 4.78 is 40.6. The maximum absolute atomic E-state index is 12.6. The minimum Gasteiger partial charge on any atom is -0.351 e. The van der Waals surface area contributed by atoms with Gasteiger partial charge in [-0.2, -0.15) is 23.4 Å². The zero-order chi connectivity index (χ0) is 17.0. The van der Waals surface area contributed by atoms with E-state index in [2.05, 4.69) is 15.5 Å². The summed E-state index contributed by atoms with van der Waals surface area (Å²) in [6, 6.07) is 2.63. The summed E-state index contributed by atoms with van der Waals surface area (Å²) in [5.41, 5.74) is 0.000668. The van der Waals surface area contributed by atoms with Crippen molar-refractivity contribution in [3.05, 3.63) is 35.4 Å². The van der Waals surface area contributed by atoms with E-state index in [0.717, 1.165) is 6.07 Å². The Labute approximate surface area is 131 Å². The van der Waals surface area contributed by atoms with Crippen molar-refractivity contribution in [3.8, 4) is 0 Å². The van der Waals surface area contributed by atoms with Gasteiger partial charge in [-0.1, -0.05) is 0 Å². The first-order valence-corrected chi connectivity index (χ1v) is 7.24. The van der Waals surface area contributed by atoms with Crippen LogP contribution in [0.3, 0.4) is 0 Å². The van der Waals surface area contributed by atoms with E-state index in [9.17, 15) is 18.0 Å². The Bertz CT molecular complexity index is 674. The average molecular weight is 329 g/mol. The molecular weight excluding hydrogens is 311 g/mol. The van der Waals surface area contributed by atoms with Crippen molar-refractivity contribution in [2.75, 3.05) is 6.54 Å². The van der Waals surface area contributed by atoms with Crippen LogP contribution in [-0.4, -0.2) is 32.0 Å². The molecule has 1 N–H and O–H groups in total. The molecule has 9 heteroatoms.